The van der Waals surface area contributed by atoms with Crippen molar-refractivity contribution in [1.29, 1.82) is 0 Å². The minimum atomic E-state index is -1.28. The van der Waals surface area contributed by atoms with Crippen LogP contribution in [-0.2, 0) is 16.6 Å². The van der Waals surface area contributed by atoms with Gasteiger partial charge in [-0.25, -0.2) is 4.57 Å². The zero-order valence-electron chi connectivity index (χ0n) is 15.0. The van der Waals surface area contributed by atoms with Crippen LogP contribution >= 0.6 is 11.8 Å². The van der Waals surface area contributed by atoms with Gasteiger partial charge < -0.3 is 26.7 Å². The van der Waals surface area contributed by atoms with Gasteiger partial charge in [-0.2, -0.15) is 11.8 Å². The average Bonchev–Trinajstić information content (AvgIpc) is 2.59. The number of amides is 1. The lowest BCUT2D eigenvalue weighted by atomic mass is 10.1. The third kappa shape index (κ3) is 12.4. The van der Waals surface area contributed by atoms with Crippen molar-refractivity contribution in [2.75, 3.05) is 18.6 Å². The van der Waals surface area contributed by atoms with Crippen molar-refractivity contribution in [1.82, 2.24) is 5.32 Å². The number of carbonyl (C=O) groups is 2. The van der Waals surface area contributed by atoms with E-state index in [9.17, 15) is 14.7 Å². The predicted molar refractivity (Wildman–Crippen MR) is 98.4 cm³/mol. The van der Waals surface area contributed by atoms with Crippen LogP contribution in [0.1, 0.15) is 25.7 Å². The fraction of sp³-hybridized carbons (Fsp3) is 0.588. The van der Waals surface area contributed by atoms with Crippen molar-refractivity contribution >= 4 is 23.6 Å². The molecule has 5 N–H and O–H groups in total. The number of hydrogen-bond donors (Lipinski definition) is 3. The molecule has 2 atom stereocenters. The minimum Gasteiger partial charge on any atom is -0.548 e. The van der Waals surface area contributed by atoms with Gasteiger partial charge in [0.1, 0.15) is 7.05 Å². The summed E-state index contributed by atoms with van der Waals surface area (Å²) in [5.41, 5.74) is 11.0. The third-order valence-electron chi connectivity index (χ3n) is 3.38. The summed E-state index contributed by atoms with van der Waals surface area (Å²) in [6, 6.07) is 4.35. The molecule has 0 aromatic carbocycles. The quantitative estimate of drug-likeness (QED) is 0.356. The van der Waals surface area contributed by atoms with E-state index in [4.69, 9.17) is 11.5 Å². The first-order chi connectivity index (χ1) is 11.9. The highest BCUT2D eigenvalue weighted by Crippen LogP contribution is 2.02. The molecule has 0 spiro atoms. The van der Waals surface area contributed by atoms with Crippen molar-refractivity contribution in [3.05, 3.63) is 30.6 Å². The molecule has 0 radical (unpaired) electrons. The maximum absolute atomic E-state index is 11.6. The zero-order chi connectivity index (χ0) is 19.1. The summed E-state index contributed by atoms with van der Waals surface area (Å²) in [7, 11) is 2.00. The molecule has 0 unspecified atom stereocenters. The number of nitrogens with zero attached hydrogens (tertiary/aromatic N) is 1. The van der Waals surface area contributed by atoms with E-state index >= 15 is 0 Å². The van der Waals surface area contributed by atoms with Gasteiger partial charge in [-0.05, 0) is 44.2 Å². The number of carboxylic acid groups (broad SMARTS) is 1. The van der Waals surface area contributed by atoms with E-state index in [1.165, 1.54) is 0 Å². The SMILES string of the molecule is CSCC[C@H](N)C(=O)N[C@@H](CCCCN)C(=O)[O-].C[n+]1ccccc1. The van der Waals surface area contributed by atoms with Crippen molar-refractivity contribution in [2.24, 2.45) is 18.5 Å². The average molecular weight is 371 g/mol. The van der Waals surface area contributed by atoms with Gasteiger partial charge in [0.2, 0.25) is 5.91 Å². The van der Waals surface area contributed by atoms with E-state index in [0.29, 0.717) is 25.8 Å². The number of pyridine rings is 1. The molecule has 1 aromatic rings. The predicted octanol–water partition coefficient (Wildman–Crippen LogP) is -1.06. The Morgan fingerprint density at radius 2 is 1.84 bits per heavy atom. The Bertz CT molecular complexity index is 488. The highest BCUT2D eigenvalue weighted by molar-refractivity contribution is 7.98. The number of rotatable bonds is 10. The van der Waals surface area contributed by atoms with Crippen LogP contribution < -0.4 is 26.5 Å². The van der Waals surface area contributed by atoms with Crippen molar-refractivity contribution < 1.29 is 19.3 Å². The summed E-state index contributed by atoms with van der Waals surface area (Å²) in [4.78, 5) is 22.5. The molecule has 1 aromatic heterocycles. The summed E-state index contributed by atoms with van der Waals surface area (Å²) < 4.78 is 2.00. The second-order valence-corrected chi connectivity index (χ2v) is 6.58. The third-order valence-corrected chi connectivity index (χ3v) is 4.03. The van der Waals surface area contributed by atoms with Gasteiger partial charge in [-0.3, -0.25) is 4.79 Å². The molecule has 0 aliphatic rings. The molecule has 0 fully saturated rings. The van der Waals surface area contributed by atoms with Crippen molar-refractivity contribution in [3.8, 4) is 0 Å². The van der Waals surface area contributed by atoms with E-state index < -0.39 is 24.0 Å². The summed E-state index contributed by atoms with van der Waals surface area (Å²) in [6.07, 6.45) is 8.12. The van der Waals surface area contributed by atoms with E-state index in [1.54, 1.807) is 11.8 Å². The van der Waals surface area contributed by atoms with Crippen LogP contribution in [-0.4, -0.2) is 42.5 Å². The molecule has 0 saturated carbocycles. The van der Waals surface area contributed by atoms with Gasteiger partial charge in [0, 0.05) is 12.1 Å². The highest BCUT2D eigenvalue weighted by Gasteiger charge is 2.18. The lowest BCUT2D eigenvalue weighted by Gasteiger charge is -2.21. The number of carboxylic acids is 1. The van der Waals surface area contributed by atoms with E-state index in [1.807, 2.05) is 48.5 Å². The van der Waals surface area contributed by atoms with Crippen LogP contribution in [0, 0.1) is 0 Å². The molecule has 142 valence electrons. The van der Waals surface area contributed by atoms with E-state index in [-0.39, 0.29) is 0 Å². The number of hydrogen-bond acceptors (Lipinski definition) is 6. The normalized spacial score (nSPS) is 12.5. The largest absolute Gasteiger partial charge is 0.548 e. The first kappa shape index (κ1) is 23.4. The van der Waals surface area contributed by atoms with Crippen LogP contribution in [0.2, 0.25) is 0 Å². The molecule has 25 heavy (non-hydrogen) atoms. The summed E-state index contributed by atoms with van der Waals surface area (Å²) in [6.45, 7) is 0.501. The molecule has 1 heterocycles. The Kier molecular flexibility index (Phi) is 13.7. The topological polar surface area (TPSA) is 125 Å². The fourth-order valence-electron chi connectivity index (χ4n) is 1.88. The maximum Gasteiger partial charge on any atom is 0.237 e. The van der Waals surface area contributed by atoms with Crippen LogP contribution in [0.3, 0.4) is 0 Å². The first-order valence-corrected chi connectivity index (χ1v) is 9.67. The van der Waals surface area contributed by atoms with Gasteiger partial charge in [-0.1, -0.05) is 6.07 Å². The molecule has 0 saturated heterocycles. The summed E-state index contributed by atoms with van der Waals surface area (Å²) in [5.74, 6) is -0.957. The van der Waals surface area contributed by atoms with Crippen LogP contribution in [0.5, 0.6) is 0 Å². The second-order valence-electron chi connectivity index (χ2n) is 5.59. The molecule has 8 heteroatoms. The Balaban J connectivity index is 0.000000676. The number of unbranched alkanes of at least 4 members (excludes halogenated alkanes) is 1. The van der Waals surface area contributed by atoms with Gasteiger partial charge in [0.15, 0.2) is 12.4 Å². The van der Waals surface area contributed by atoms with Gasteiger partial charge >= 0.3 is 0 Å². The number of nitrogens with two attached hydrogens (primary N) is 2. The van der Waals surface area contributed by atoms with Crippen molar-refractivity contribution in [2.45, 2.75) is 37.8 Å². The minimum absolute atomic E-state index is 0.320. The van der Waals surface area contributed by atoms with Crippen LogP contribution in [0.4, 0.5) is 0 Å². The summed E-state index contributed by atoms with van der Waals surface area (Å²) >= 11 is 1.59. The Hall–Kier alpha value is -1.64. The molecule has 7 nitrogen and oxygen atoms in total. The van der Waals surface area contributed by atoms with Gasteiger partial charge in [0.05, 0.1) is 18.1 Å². The number of aromatic nitrogens is 1. The monoisotopic (exact) mass is 370 g/mol. The molecule has 1 rings (SSSR count). The molecular weight excluding hydrogens is 340 g/mol. The summed E-state index contributed by atoms with van der Waals surface area (Å²) in [5, 5.41) is 13.3. The highest BCUT2D eigenvalue weighted by atomic mass is 32.2. The maximum atomic E-state index is 11.6. The van der Waals surface area contributed by atoms with E-state index in [2.05, 4.69) is 5.32 Å². The lowest BCUT2D eigenvalue weighted by molar-refractivity contribution is -0.671. The number of nitrogens with one attached hydrogen (secondary N) is 1. The Labute approximate surface area is 154 Å². The number of aliphatic carboxylic acids is 1. The first-order valence-electron chi connectivity index (χ1n) is 8.28. The van der Waals surface area contributed by atoms with Gasteiger partial charge in [0.25, 0.3) is 0 Å². The van der Waals surface area contributed by atoms with Gasteiger partial charge in [-0.15, -0.1) is 0 Å². The zero-order valence-corrected chi connectivity index (χ0v) is 15.8. The molecule has 0 bridgehead atoms. The number of aryl methyl sites for hydroxylation is 1. The van der Waals surface area contributed by atoms with Crippen LogP contribution in [0.15, 0.2) is 30.6 Å². The lowest BCUT2D eigenvalue weighted by Crippen LogP contribution is -2.52. The number of thioether (sulfide) groups is 1. The second kappa shape index (κ2) is 14.7. The molecule has 0 aliphatic heterocycles. The number of carbonyl (C=O) groups excluding carboxylic acids is 2. The standard InChI is InChI=1S/C11H23N3O3S.C6H8N/c1-18-7-5-8(13)10(15)14-9(11(16)17)4-2-3-6-12;1-7-5-3-2-4-6-7/h8-9H,2-7,12-13H2,1H3,(H,14,15)(H,16,17);2-6H,1H3/q;+1/p-1/t8-,9-;/m0./s1. The van der Waals surface area contributed by atoms with Crippen LogP contribution in [0.25, 0.3) is 0 Å². The Morgan fingerprint density at radius 3 is 2.28 bits per heavy atom. The molecular formula is C17H30N4O3S. The smallest absolute Gasteiger partial charge is 0.237 e. The van der Waals surface area contributed by atoms with E-state index in [0.717, 1.165) is 12.2 Å². The Morgan fingerprint density at radius 1 is 1.20 bits per heavy atom. The molecule has 0 aliphatic carbocycles. The molecule has 1 amide bonds. The fourth-order valence-corrected chi connectivity index (χ4v) is 2.37. The van der Waals surface area contributed by atoms with Crippen molar-refractivity contribution in [3.63, 3.8) is 0 Å².